The maximum Gasteiger partial charge on any atom is 0.262 e. The topological polar surface area (TPSA) is 75.3 Å². The Hall–Kier alpha value is -2.13. The largest absolute Gasteiger partial charge is 0.325 e. The SMILES string of the molecule is C[C@H]1CSc2ccc(S(=O)(=O)Nc3cc(F)ccc3F)cc2NC1=O. The predicted molar refractivity (Wildman–Crippen MR) is 92.1 cm³/mol. The first-order valence-corrected chi connectivity index (χ1v) is 9.79. The van der Waals surface area contributed by atoms with Crippen LogP contribution < -0.4 is 10.0 Å². The van der Waals surface area contributed by atoms with Gasteiger partial charge in [-0.15, -0.1) is 11.8 Å². The number of benzene rings is 2. The van der Waals surface area contributed by atoms with Crippen molar-refractivity contribution in [3.8, 4) is 0 Å². The molecule has 5 nitrogen and oxygen atoms in total. The molecule has 0 unspecified atom stereocenters. The number of hydrogen-bond donors (Lipinski definition) is 2. The molecule has 1 heterocycles. The number of nitrogens with one attached hydrogen (secondary N) is 2. The first kappa shape index (κ1) is 17.7. The molecular weight excluding hydrogens is 370 g/mol. The van der Waals surface area contributed by atoms with Crippen LogP contribution in [0.3, 0.4) is 0 Å². The summed E-state index contributed by atoms with van der Waals surface area (Å²) in [6.45, 7) is 1.78. The Bertz CT molecular complexity index is 948. The molecule has 1 aliphatic heterocycles. The van der Waals surface area contributed by atoms with Crippen molar-refractivity contribution < 1.29 is 22.0 Å². The fourth-order valence-electron chi connectivity index (χ4n) is 2.23. The molecule has 0 saturated heterocycles. The van der Waals surface area contributed by atoms with Gasteiger partial charge >= 0.3 is 0 Å². The number of thioether (sulfide) groups is 1. The fraction of sp³-hybridized carbons (Fsp3) is 0.188. The number of halogens is 2. The zero-order valence-electron chi connectivity index (χ0n) is 13.0. The molecule has 1 amide bonds. The monoisotopic (exact) mass is 384 g/mol. The van der Waals surface area contributed by atoms with Gasteiger partial charge < -0.3 is 5.32 Å². The van der Waals surface area contributed by atoms with Crippen molar-refractivity contribution in [1.29, 1.82) is 0 Å². The summed E-state index contributed by atoms with van der Waals surface area (Å²) in [6.07, 6.45) is 0. The lowest BCUT2D eigenvalue weighted by atomic mass is 10.2. The lowest BCUT2D eigenvalue weighted by Crippen LogP contribution is -2.20. The zero-order valence-corrected chi connectivity index (χ0v) is 14.7. The maximum atomic E-state index is 13.7. The first-order chi connectivity index (χ1) is 11.8. The van der Waals surface area contributed by atoms with E-state index in [1.807, 2.05) is 4.72 Å². The molecule has 0 spiro atoms. The van der Waals surface area contributed by atoms with E-state index in [4.69, 9.17) is 0 Å². The third kappa shape index (κ3) is 3.77. The lowest BCUT2D eigenvalue weighted by molar-refractivity contribution is -0.118. The number of carbonyl (C=O) groups is 1. The highest BCUT2D eigenvalue weighted by molar-refractivity contribution is 7.99. The molecule has 2 N–H and O–H groups in total. The van der Waals surface area contributed by atoms with Gasteiger partial charge in [0.25, 0.3) is 10.0 Å². The second-order valence-corrected chi connectivity index (χ2v) is 8.33. The Morgan fingerprint density at radius 3 is 2.72 bits per heavy atom. The Labute approximate surface area is 147 Å². The normalized spacial score (nSPS) is 17.4. The second-order valence-electron chi connectivity index (χ2n) is 5.59. The molecule has 2 aromatic carbocycles. The Morgan fingerprint density at radius 1 is 1.20 bits per heavy atom. The van der Waals surface area contributed by atoms with Gasteiger partial charge in [0.2, 0.25) is 5.91 Å². The smallest absolute Gasteiger partial charge is 0.262 e. The zero-order chi connectivity index (χ0) is 18.2. The summed E-state index contributed by atoms with van der Waals surface area (Å²) < 4.78 is 53.9. The summed E-state index contributed by atoms with van der Waals surface area (Å²) >= 11 is 1.44. The maximum absolute atomic E-state index is 13.7. The minimum atomic E-state index is -4.15. The predicted octanol–water partition coefficient (Wildman–Crippen LogP) is 3.45. The average molecular weight is 384 g/mol. The van der Waals surface area contributed by atoms with Gasteiger partial charge in [0, 0.05) is 22.6 Å². The number of rotatable bonds is 3. The van der Waals surface area contributed by atoms with E-state index < -0.39 is 27.3 Å². The van der Waals surface area contributed by atoms with Crippen molar-refractivity contribution in [3.63, 3.8) is 0 Å². The van der Waals surface area contributed by atoms with Crippen LogP contribution in [0.5, 0.6) is 0 Å². The van der Waals surface area contributed by atoms with Gasteiger partial charge in [-0.3, -0.25) is 9.52 Å². The summed E-state index contributed by atoms with van der Waals surface area (Å²) in [4.78, 5) is 12.5. The van der Waals surface area contributed by atoms with Gasteiger partial charge in [-0.1, -0.05) is 6.92 Å². The van der Waals surface area contributed by atoms with E-state index in [0.29, 0.717) is 11.4 Å². The van der Waals surface area contributed by atoms with Gasteiger partial charge in [0.05, 0.1) is 16.3 Å². The molecule has 2 aromatic rings. The number of sulfonamides is 1. The summed E-state index contributed by atoms with van der Waals surface area (Å²) in [7, 11) is -4.15. The molecular formula is C16H14F2N2O3S2. The number of hydrogen-bond acceptors (Lipinski definition) is 4. The molecule has 1 atom stereocenters. The number of anilines is 2. The van der Waals surface area contributed by atoms with E-state index in [1.54, 1.807) is 13.0 Å². The molecule has 0 fully saturated rings. The van der Waals surface area contributed by atoms with Crippen LogP contribution in [0.15, 0.2) is 46.2 Å². The van der Waals surface area contributed by atoms with E-state index in [1.165, 1.54) is 23.9 Å². The van der Waals surface area contributed by atoms with E-state index in [2.05, 4.69) is 5.32 Å². The highest BCUT2D eigenvalue weighted by Crippen LogP contribution is 2.34. The van der Waals surface area contributed by atoms with Crippen LogP contribution in [0.1, 0.15) is 6.92 Å². The highest BCUT2D eigenvalue weighted by Gasteiger charge is 2.23. The first-order valence-electron chi connectivity index (χ1n) is 7.32. The summed E-state index contributed by atoms with van der Waals surface area (Å²) in [5.41, 5.74) is -0.107. The molecule has 3 rings (SSSR count). The van der Waals surface area contributed by atoms with E-state index in [0.717, 1.165) is 23.1 Å². The minimum Gasteiger partial charge on any atom is -0.325 e. The van der Waals surface area contributed by atoms with Crippen LogP contribution in [-0.2, 0) is 14.8 Å². The molecule has 9 heteroatoms. The molecule has 0 aromatic heterocycles. The van der Waals surface area contributed by atoms with Gasteiger partial charge in [-0.2, -0.15) is 0 Å². The summed E-state index contributed by atoms with van der Waals surface area (Å²) in [5.74, 6) is -1.49. The van der Waals surface area contributed by atoms with Gasteiger partial charge in [-0.05, 0) is 30.3 Å². The second kappa shape index (κ2) is 6.64. The van der Waals surface area contributed by atoms with E-state index >= 15 is 0 Å². The highest BCUT2D eigenvalue weighted by atomic mass is 32.2. The Morgan fingerprint density at radius 2 is 1.96 bits per heavy atom. The Kier molecular flexibility index (Phi) is 4.70. The summed E-state index contributed by atoms with van der Waals surface area (Å²) in [6, 6.07) is 6.72. The molecule has 1 aliphatic rings. The van der Waals surface area contributed by atoms with E-state index in [-0.39, 0.29) is 16.7 Å². The quantitative estimate of drug-likeness (QED) is 0.850. The van der Waals surface area contributed by atoms with Gasteiger partial charge in [0.1, 0.15) is 11.6 Å². The number of amides is 1. The van der Waals surface area contributed by atoms with Crippen LogP contribution >= 0.6 is 11.8 Å². The minimum absolute atomic E-state index is 0.162. The van der Waals surface area contributed by atoms with Crippen molar-refractivity contribution >= 4 is 39.1 Å². The van der Waals surface area contributed by atoms with Gasteiger partial charge in [-0.25, -0.2) is 17.2 Å². The van der Waals surface area contributed by atoms with Crippen LogP contribution in [0.2, 0.25) is 0 Å². The van der Waals surface area contributed by atoms with Crippen molar-refractivity contribution in [1.82, 2.24) is 0 Å². The molecule has 0 aliphatic carbocycles. The lowest BCUT2D eigenvalue weighted by Gasteiger charge is -2.12. The van der Waals surface area contributed by atoms with Crippen molar-refractivity contribution in [3.05, 3.63) is 48.0 Å². The summed E-state index contributed by atoms with van der Waals surface area (Å²) in [5, 5.41) is 2.68. The molecule has 132 valence electrons. The third-order valence-electron chi connectivity index (χ3n) is 3.63. The van der Waals surface area contributed by atoms with E-state index in [9.17, 15) is 22.0 Å². The van der Waals surface area contributed by atoms with Crippen molar-refractivity contribution in [2.45, 2.75) is 16.7 Å². The van der Waals surface area contributed by atoms with Gasteiger partial charge in [0.15, 0.2) is 0 Å². The van der Waals surface area contributed by atoms with Crippen LogP contribution in [0.4, 0.5) is 20.2 Å². The molecule has 0 saturated carbocycles. The van der Waals surface area contributed by atoms with Crippen LogP contribution in [0, 0.1) is 17.6 Å². The number of fused-ring (bicyclic) bond motifs is 1. The fourth-order valence-corrected chi connectivity index (χ4v) is 4.32. The Balaban J connectivity index is 1.95. The van der Waals surface area contributed by atoms with Crippen LogP contribution in [0.25, 0.3) is 0 Å². The standard InChI is InChI=1S/C16H14F2N2O3S2/c1-9-8-24-15-5-3-11(7-14(15)19-16(9)21)25(22,23)20-13-6-10(17)2-4-12(13)18/h2-7,9,20H,8H2,1H3,(H,19,21)/t9-/m0/s1. The molecule has 0 radical (unpaired) electrons. The molecule has 0 bridgehead atoms. The van der Waals surface area contributed by atoms with Crippen molar-refractivity contribution in [2.24, 2.45) is 5.92 Å². The molecule has 25 heavy (non-hydrogen) atoms. The average Bonchev–Trinajstić information content (AvgIpc) is 2.69. The van der Waals surface area contributed by atoms with Crippen molar-refractivity contribution in [2.75, 3.05) is 15.8 Å². The third-order valence-corrected chi connectivity index (χ3v) is 6.33. The number of carbonyl (C=O) groups excluding carboxylic acids is 1. The van der Waals surface area contributed by atoms with Crippen LogP contribution in [-0.4, -0.2) is 20.1 Å².